The Balaban J connectivity index is 4.44. The molecule has 0 aromatic carbocycles. The van der Waals surface area contributed by atoms with Crippen LogP contribution in [0.3, 0.4) is 0 Å². The molecule has 4 atom stereocenters. The van der Waals surface area contributed by atoms with Crippen molar-refractivity contribution in [3.05, 3.63) is 48.6 Å². The molecule has 1 amide bonds. The Morgan fingerprint density at radius 3 is 1.63 bits per heavy atom. The molecule has 9 nitrogen and oxygen atoms in total. The lowest BCUT2D eigenvalue weighted by atomic mass is 10.1. The number of nitrogens with two attached hydrogens (primary N) is 1. The van der Waals surface area contributed by atoms with Gasteiger partial charge in [0.1, 0.15) is 0 Å². The van der Waals surface area contributed by atoms with Gasteiger partial charge in [-0.1, -0.05) is 146 Å². The Morgan fingerprint density at radius 1 is 0.654 bits per heavy atom. The molecule has 0 rings (SSSR count). The van der Waals surface area contributed by atoms with Crippen LogP contribution in [-0.2, 0) is 18.4 Å². The van der Waals surface area contributed by atoms with Gasteiger partial charge in [0.25, 0.3) is 0 Å². The lowest BCUT2D eigenvalue weighted by Gasteiger charge is -2.24. The number of hydrogen-bond donors (Lipinski definition) is 5. The second kappa shape index (κ2) is 37.7. The van der Waals surface area contributed by atoms with E-state index in [1.54, 1.807) is 6.08 Å². The quantitative estimate of drug-likeness (QED) is 0.0237. The maximum Gasteiger partial charge on any atom is 0.472 e. The van der Waals surface area contributed by atoms with Crippen molar-refractivity contribution in [1.29, 1.82) is 0 Å². The fourth-order valence-electron chi connectivity index (χ4n) is 5.73. The van der Waals surface area contributed by atoms with E-state index in [1.807, 2.05) is 6.08 Å². The van der Waals surface area contributed by atoms with Crippen LogP contribution in [0, 0.1) is 0 Å². The molecule has 0 saturated heterocycles. The Kier molecular flexibility index (Phi) is 36.6. The first-order valence-corrected chi connectivity index (χ1v) is 22.3. The highest BCUT2D eigenvalue weighted by Gasteiger charge is 2.27. The molecule has 0 radical (unpaired) electrons. The van der Waals surface area contributed by atoms with Crippen molar-refractivity contribution in [2.75, 3.05) is 19.8 Å². The number of rotatable bonds is 38. The number of aliphatic hydroxyl groups excluding tert-OH is 2. The second-order valence-corrected chi connectivity index (χ2v) is 15.5. The van der Waals surface area contributed by atoms with Crippen LogP contribution in [0.2, 0.25) is 0 Å². The molecule has 0 aliphatic heterocycles. The number of amides is 1. The predicted octanol–water partition coefficient (Wildman–Crippen LogP) is 10.3. The number of allylic oxidation sites excluding steroid dienone is 7. The third kappa shape index (κ3) is 35.4. The van der Waals surface area contributed by atoms with Gasteiger partial charge in [0.15, 0.2) is 0 Å². The molecule has 0 bridgehead atoms. The van der Waals surface area contributed by atoms with Crippen LogP contribution in [0.4, 0.5) is 0 Å². The Hall–Kier alpha value is -1.58. The van der Waals surface area contributed by atoms with Crippen molar-refractivity contribution in [3.63, 3.8) is 0 Å². The molecule has 6 N–H and O–H groups in total. The third-order valence-corrected chi connectivity index (χ3v) is 9.89. The van der Waals surface area contributed by atoms with E-state index in [0.717, 1.165) is 57.8 Å². The molecule has 0 aliphatic rings. The van der Waals surface area contributed by atoms with Crippen molar-refractivity contribution < 1.29 is 33.5 Å². The number of unbranched alkanes of at least 4 members (excludes halogenated alkanes) is 18. The molecule has 4 unspecified atom stereocenters. The van der Waals surface area contributed by atoms with E-state index in [2.05, 4.69) is 55.6 Å². The molecule has 0 aromatic heterocycles. The van der Waals surface area contributed by atoms with E-state index in [0.29, 0.717) is 12.8 Å². The minimum Gasteiger partial charge on any atom is -0.393 e. The fourth-order valence-corrected chi connectivity index (χ4v) is 6.49. The summed E-state index contributed by atoms with van der Waals surface area (Å²) in [5.41, 5.74) is 5.35. The van der Waals surface area contributed by atoms with E-state index in [1.165, 1.54) is 83.5 Å². The van der Waals surface area contributed by atoms with Crippen molar-refractivity contribution in [1.82, 2.24) is 5.32 Å². The minimum atomic E-state index is -4.41. The summed E-state index contributed by atoms with van der Waals surface area (Å²) in [6.45, 7) is 3.88. The van der Waals surface area contributed by atoms with Crippen molar-refractivity contribution in [2.45, 2.75) is 193 Å². The van der Waals surface area contributed by atoms with Gasteiger partial charge in [-0.25, -0.2) is 4.57 Å². The maximum atomic E-state index is 12.7. The van der Waals surface area contributed by atoms with Gasteiger partial charge in [-0.2, -0.15) is 0 Å². The lowest BCUT2D eigenvalue weighted by Crippen LogP contribution is -2.46. The van der Waals surface area contributed by atoms with Gasteiger partial charge in [0, 0.05) is 6.54 Å². The molecule has 0 aliphatic carbocycles. The van der Waals surface area contributed by atoms with Gasteiger partial charge < -0.3 is 26.2 Å². The first-order chi connectivity index (χ1) is 25.3. The van der Waals surface area contributed by atoms with Crippen LogP contribution in [-0.4, -0.2) is 59.0 Å². The minimum absolute atomic E-state index is 0.0393. The Morgan fingerprint density at radius 2 is 1.10 bits per heavy atom. The van der Waals surface area contributed by atoms with Crippen molar-refractivity contribution in [3.8, 4) is 0 Å². The van der Waals surface area contributed by atoms with Gasteiger partial charge in [-0.15, -0.1) is 0 Å². The van der Waals surface area contributed by atoms with Crippen LogP contribution in [0.1, 0.15) is 174 Å². The molecule has 0 aromatic rings. The number of carbonyl (C=O) groups is 1. The molecule has 52 heavy (non-hydrogen) atoms. The SMILES string of the molecule is CCCCC/C=C\CCCCCC(O)CC(=O)NC(COP(=O)(O)OCCN)C(O)/C=C/CC/C=C/CC/C=C/CCCCCCCCCCCC. The number of aliphatic hydroxyl groups is 2. The van der Waals surface area contributed by atoms with E-state index in [9.17, 15) is 24.5 Å². The molecular weight excluding hydrogens is 675 g/mol. The summed E-state index contributed by atoms with van der Waals surface area (Å²) in [5, 5.41) is 23.9. The van der Waals surface area contributed by atoms with Gasteiger partial charge in [0.2, 0.25) is 5.91 Å². The number of phosphoric ester groups is 1. The first kappa shape index (κ1) is 50.4. The topological polar surface area (TPSA) is 151 Å². The monoisotopic (exact) mass is 755 g/mol. The average molecular weight is 755 g/mol. The van der Waals surface area contributed by atoms with Gasteiger partial charge in [-0.3, -0.25) is 13.8 Å². The lowest BCUT2D eigenvalue weighted by molar-refractivity contribution is -0.124. The van der Waals surface area contributed by atoms with E-state index >= 15 is 0 Å². The van der Waals surface area contributed by atoms with Crippen molar-refractivity contribution >= 4 is 13.7 Å². The van der Waals surface area contributed by atoms with Crippen LogP contribution in [0.15, 0.2) is 48.6 Å². The molecule has 0 saturated carbocycles. The summed E-state index contributed by atoms with van der Waals surface area (Å²) >= 11 is 0. The summed E-state index contributed by atoms with van der Waals surface area (Å²) in [4.78, 5) is 22.7. The maximum absolute atomic E-state index is 12.7. The molecular formula is C42H79N2O7P. The molecule has 0 fully saturated rings. The highest BCUT2D eigenvalue weighted by atomic mass is 31.2. The molecule has 304 valence electrons. The average Bonchev–Trinajstić information content (AvgIpc) is 3.12. The third-order valence-electron chi connectivity index (χ3n) is 8.91. The summed E-state index contributed by atoms with van der Waals surface area (Å²) in [5.74, 6) is -0.473. The zero-order chi connectivity index (χ0) is 38.4. The zero-order valence-electron chi connectivity index (χ0n) is 33.1. The molecule has 0 heterocycles. The van der Waals surface area contributed by atoms with Gasteiger partial charge in [-0.05, 0) is 70.6 Å². The summed E-state index contributed by atoms with van der Waals surface area (Å²) in [6, 6.07) is -1.01. The second-order valence-electron chi connectivity index (χ2n) is 14.0. The Bertz CT molecular complexity index is 972. The highest BCUT2D eigenvalue weighted by molar-refractivity contribution is 7.47. The molecule has 0 spiro atoms. The Labute approximate surface area is 318 Å². The van der Waals surface area contributed by atoms with Crippen LogP contribution in [0.5, 0.6) is 0 Å². The largest absolute Gasteiger partial charge is 0.472 e. The van der Waals surface area contributed by atoms with Crippen LogP contribution >= 0.6 is 7.82 Å². The first-order valence-electron chi connectivity index (χ1n) is 20.8. The number of phosphoric acid groups is 1. The standard InChI is InChI=1S/C42H79N2O7P/c1-3-5-7-9-11-13-15-16-17-18-19-20-21-22-23-24-26-28-30-32-34-41(46)40(38-51-52(48,49)50-36-35-43)44-42(47)37-39(45)33-31-29-27-25-14-12-10-8-6-4-2/h12,14,20-21,24,26,32,34,39-41,45-46H,3-11,13,15-19,22-23,25,27-31,33,35-38,43H2,1-2H3,(H,44,47)(H,48,49)/b14-12-,21-20+,26-24+,34-32+. The smallest absolute Gasteiger partial charge is 0.393 e. The summed E-state index contributed by atoms with van der Waals surface area (Å²) in [7, 11) is -4.41. The van der Waals surface area contributed by atoms with Crippen LogP contribution in [0.25, 0.3) is 0 Å². The van der Waals surface area contributed by atoms with Gasteiger partial charge in [0.05, 0.1) is 37.9 Å². The summed E-state index contributed by atoms with van der Waals surface area (Å²) in [6.07, 6.45) is 42.1. The summed E-state index contributed by atoms with van der Waals surface area (Å²) < 4.78 is 22.0. The van der Waals surface area contributed by atoms with E-state index in [4.69, 9.17) is 14.8 Å². The zero-order valence-corrected chi connectivity index (χ0v) is 34.0. The number of carbonyl (C=O) groups excluding carboxylic acids is 1. The number of hydrogen-bond acceptors (Lipinski definition) is 7. The van der Waals surface area contributed by atoms with Crippen LogP contribution < -0.4 is 11.1 Å². The van der Waals surface area contributed by atoms with E-state index < -0.39 is 38.6 Å². The normalized spacial score (nSPS) is 15.3. The number of nitrogens with one attached hydrogen (secondary N) is 1. The van der Waals surface area contributed by atoms with E-state index in [-0.39, 0.29) is 19.6 Å². The van der Waals surface area contributed by atoms with Crippen molar-refractivity contribution in [2.24, 2.45) is 5.73 Å². The fraction of sp³-hybridized carbons (Fsp3) is 0.786. The predicted molar refractivity (Wildman–Crippen MR) is 218 cm³/mol. The van der Waals surface area contributed by atoms with Gasteiger partial charge >= 0.3 is 7.82 Å². The highest BCUT2D eigenvalue weighted by Crippen LogP contribution is 2.43. The molecule has 10 heteroatoms.